The number of benzene rings is 2. The minimum absolute atomic E-state index is 0.212. The molecule has 0 amide bonds. The number of methoxy groups -OCH3 is 1. The Bertz CT molecular complexity index is 963. The number of pyridine rings is 1. The molecule has 2 aromatic carbocycles. The molecule has 3 aromatic rings. The molecule has 0 saturated heterocycles. The van der Waals surface area contributed by atoms with E-state index in [4.69, 9.17) is 27.9 Å². The van der Waals surface area contributed by atoms with Gasteiger partial charge < -0.3 is 9.47 Å². The second kappa shape index (κ2) is 9.53. The molecule has 0 aliphatic heterocycles. The molecule has 0 saturated carbocycles. The van der Waals surface area contributed by atoms with Crippen molar-refractivity contribution in [2.75, 3.05) is 13.7 Å². The lowest BCUT2D eigenvalue weighted by molar-refractivity contribution is -0.142. The molecule has 7 heteroatoms. The number of esters is 1. The van der Waals surface area contributed by atoms with Gasteiger partial charge in [-0.15, -0.1) is 0 Å². The first-order valence-electron chi connectivity index (χ1n) is 8.23. The Balaban J connectivity index is 0.00000126. The highest BCUT2D eigenvalue weighted by Gasteiger charge is 2.13. The zero-order valence-electron chi connectivity index (χ0n) is 15.1. The fourth-order valence-corrected chi connectivity index (χ4v) is 2.88. The fraction of sp³-hybridized carbons (Fsp3) is 0.200. The molecule has 0 aliphatic carbocycles. The SMILES string of the molecule is CC.COC(=O)COc1ccc2c(-c3ccc(F)cc3Cl)cnc(Cl)c2c1. The summed E-state index contributed by atoms with van der Waals surface area (Å²) in [5.41, 5.74) is 1.35. The van der Waals surface area contributed by atoms with E-state index in [1.807, 2.05) is 13.8 Å². The molecule has 0 radical (unpaired) electrons. The van der Waals surface area contributed by atoms with Crippen LogP contribution in [0.2, 0.25) is 10.2 Å². The first kappa shape index (κ1) is 20.9. The summed E-state index contributed by atoms with van der Waals surface area (Å²) in [6, 6.07) is 9.31. The van der Waals surface area contributed by atoms with Gasteiger partial charge >= 0.3 is 5.97 Å². The van der Waals surface area contributed by atoms with E-state index >= 15 is 0 Å². The number of hydrogen-bond acceptors (Lipinski definition) is 4. The summed E-state index contributed by atoms with van der Waals surface area (Å²) < 4.78 is 23.2. The minimum Gasteiger partial charge on any atom is -0.482 e. The monoisotopic (exact) mass is 409 g/mol. The van der Waals surface area contributed by atoms with Crippen LogP contribution in [0.5, 0.6) is 5.75 Å². The Kier molecular flexibility index (Phi) is 7.39. The van der Waals surface area contributed by atoms with Gasteiger partial charge in [-0.3, -0.25) is 0 Å². The summed E-state index contributed by atoms with van der Waals surface area (Å²) in [6.45, 7) is 3.79. The van der Waals surface area contributed by atoms with Crippen LogP contribution in [-0.4, -0.2) is 24.7 Å². The molecule has 0 fully saturated rings. The molecule has 142 valence electrons. The van der Waals surface area contributed by atoms with Gasteiger partial charge in [0, 0.05) is 22.7 Å². The summed E-state index contributed by atoms with van der Waals surface area (Å²) in [6.07, 6.45) is 1.58. The quantitative estimate of drug-likeness (QED) is 0.395. The first-order valence-corrected chi connectivity index (χ1v) is 8.98. The van der Waals surface area contributed by atoms with Gasteiger partial charge in [0.1, 0.15) is 16.7 Å². The average Bonchev–Trinajstić information content (AvgIpc) is 2.69. The summed E-state index contributed by atoms with van der Waals surface area (Å²) in [7, 11) is 1.28. The Hall–Kier alpha value is -2.37. The van der Waals surface area contributed by atoms with Crippen LogP contribution in [0.4, 0.5) is 4.39 Å². The highest BCUT2D eigenvalue weighted by molar-refractivity contribution is 6.36. The van der Waals surface area contributed by atoms with Crippen molar-refractivity contribution in [2.24, 2.45) is 0 Å². The van der Waals surface area contributed by atoms with Crippen LogP contribution in [0.25, 0.3) is 21.9 Å². The number of halogens is 3. The molecule has 1 heterocycles. The third kappa shape index (κ3) is 4.87. The molecule has 27 heavy (non-hydrogen) atoms. The molecule has 0 bridgehead atoms. The maximum absolute atomic E-state index is 13.3. The minimum atomic E-state index is -0.490. The number of ether oxygens (including phenoxy) is 2. The largest absolute Gasteiger partial charge is 0.482 e. The zero-order valence-corrected chi connectivity index (χ0v) is 16.6. The lowest BCUT2D eigenvalue weighted by Crippen LogP contribution is -2.12. The molecule has 4 nitrogen and oxygen atoms in total. The van der Waals surface area contributed by atoms with Crippen LogP contribution in [0.3, 0.4) is 0 Å². The highest BCUT2D eigenvalue weighted by Crippen LogP contribution is 2.36. The van der Waals surface area contributed by atoms with Crippen molar-refractivity contribution in [3.8, 4) is 16.9 Å². The molecule has 3 rings (SSSR count). The van der Waals surface area contributed by atoms with Gasteiger partial charge in [-0.25, -0.2) is 14.2 Å². The van der Waals surface area contributed by atoms with E-state index in [-0.39, 0.29) is 16.8 Å². The van der Waals surface area contributed by atoms with Gasteiger partial charge in [-0.2, -0.15) is 0 Å². The molecule has 0 aliphatic rings. The smallest absolute Gasteiger partial charge is 0.343 e. The van der Waals surface area contributed by atoms with Crippen molar-refractivity contribution in [3.63, 3.8) is 0 Å². The lowest BCUT2D eigenvalue weighted by atomic mass is 10.0. The second-order valence-corrected chi connectivity index (χ2v) is 5.92. The van der Waals surface area contributed by atoms with Crippen molar-refractivity contribution in [2.45, 2.75) is 13.8 Å². The number of aromatic nitrogens is 1. The molecule has 0 atom stereocenters. The number of hydrogen-bond donors (Lipinski definition) is 0. The van der Waals surface area contributed by atoms with E-state index in [1.54, 1.807) is 30.5 Å². The highest BCUT2D eigenvalue weighted by atomic mass is 35.5. The predicted octanol–water partition coefficient (Wildman–Crippen LogP) is 5.93. The van der Waals surface area contributed by atoms with Gasteiger partial charge in [0.05, 0.1) is 12.1 Å². The van der Waals surface area contributed by atoms with E-state index < -0.39 is 11.8 Å². The van der Waals surface area contributed by atoms with Gasteiger partial charge in [-0.1, -0.05) is 37.0 Å². The topological polar surface area (TPSA) is 48.4 Å². The number of carbonyl (C=O) groups is 1. The third-order valence-electron chi connectivity index (χ3n) is 3.62. The summed E-state index contributed by atoms with van der Waals surface area (Å²) in [4.78, 5) is 15.4. The number of nitrogens with zero attached hydrogens (tertiary/aromatic N) is 1. The van der Waals surface area contributed by atoms with Gasteiger partial charge in [-0.05, 0) is 41.8 Å². The number of carbonyl (C=O) groups excluding carboxylic acids is 1. The van der Waals surface area contributed by atoms with Crippen molar-refractivity contribution in [1.82, 2.24) is 4.98 Å². The van der Waals surface area contributed by atoms with Crippen molar-refractivity contribution in [1.29, 1.82) is 0 Å². The van der Waals surface area contributed by atoms with E-state index in [1.165, 1.54) is 19.2 Å². The van der Waals surface area contributed by atoms with E-state index in [0.717, 1.165) is 5.39 Å². The lowest BCUT2D eigenvalue weighted by Gasteiger charge is -2.11. The van der Waals surface area contributed by atoms with Crippen molar-refractivity contribution in [3.05, 3.63) is 58.6 Å². The van der Waals surface area contributed by atoms with Crippen LogP contribution in [0, 0.1) is 5.82 Å². The zero-order chi connectivity index (χ0) is 20.0. The Morgan fingerprint density at radius 1 is 1.07 bits per heavy atom. The Morgan fingerprint density at radius 2 is 1.81 bits per heavy atom. The average molecular weight is 410 g/mol. The predicted molar refractivity (Wildman–Crippen MR) is 106 cm³/mol. The van der Waals surface area contributed by atoms with Crippen LogP contribution in [0.1, 0.15) is 13.8 Å². The van der Waals surface area contributed by atoms with Crippen molar-refractivity contribution >= 4 is 39.9 Å². The standard InChI is InChI=1S/C18H12Cl2FNO3.C2H6/c1-24-17(23)9-25-11-3-5-12-14(7-11)18(20)22-8-15(12)13-4-2-10(21)6-16(13)19;1-2/h2-8H,9H2,1H3;1-2H3. The Morgan fingerprint density at radius 3 is 2.48 bits per heavy atom. The van der Waals surface area contributed by atoms with Crippen molar-refractivity contribution < 1.29 is 18.7 Å². The maximum Gasteiger partial charge on any atom is 0.343 e. The van der Waals surface area contributed by atoms with Gasteiger partial charge in [0.25, 0.3) is 0 Å². The molecular formula is C20H18Cl2FNO3. The normalized spacial score (nSPS) is 10.1. The maximum atomic E-state index is 13.3. The van der Waals surface area contributed by atoms with E-state index in [9.17, 15) is 9.18 Å². The molecular weight excluding hydrogens is 392 g/mol. The fourth-order valence-electron chi connectivity index (χ4n) is 2.40. The summed E-state index contributed by atoms with van der Waals surface area (Å²) in [5, 5.41) is 1.96. The van der Waals surface area contributed by atoms with Crippen LogP contribution in [0.15, 0.2) is 42.6 Å². The second-order valence-electron chi connectivity index (χ2n) is 5.16. The first-order chi connectivity index (χ1) is 13.0. The molecule has 0 unspecified atom stereocenters. The van der Waals surface area contributed by atoms with E-state index in [0.29, 0.717) is 22.3 Å². The van der Waals surface area contributed by atoms with Gasteiger partial charge in [0.2, 0.25) is 0 Å². The molecule has 1 aromatic heterocycles. The summed E-state index contributed by atoms with van der Waals surface area (Å²) in [5.74, 6) is -0.460. The number of fused-ring (bicyclic) bond motifs is 1. The third-order valence-corrected chi connectivity index (χ3v) is 4.23. The van der Waals surface area contributed by atoms with E-state index in [2.05, 4.69) is 9.72 Å². The molecule has 0 N–H and O–H groups in total. The van der Waals surface area contributed by atoms with Crippen LogP contribution < -0.4 is 4.74 Å². The van der Waals surface area contributed by atoms with Crippen LogP contribution >= 0.6 is 23.2 Å². The molecule has 0 spiro atoms. The summed E-state index contributed by atoms with van der Waals surface area (Å²) >= 11 is 12.4. The Labute approximate surface area is 166 Å². The number of rotatable bonds is 4. The van der Waals surface area contributed by atoms with Crippen LogP contribution in [-0.2, 0) is 9.53 Å². The van der Waals surface area contributed by atoms with Gasteiger partial charge in [0.15, 0.2) is 6.61 Å².